The molecule has 4 heteroatoms. The molecule has 4 nitrogen and oxygen atoms in total. The molecule has 0 aliphatic rings. The Labute approximate surface area is 85.7 Å². The lowest BCUT2D eigenvalue weighted by molar-refractivity contribution is 0.142. The summed E-state index contributed by atoms with van der Waals surface area (Å²) in [5.41, 5.74) is 0. The highest BCUT2D eigenvalue weighted by molar-refractivity contribution is 5.72. The van der Waals surface area contributed by atoms with Crippen LogP contribution in [0.2, 0.25) is 0 Å². The van der Waals surface area contributed by atoms with Crippen molar-refractivity contribution in [3.05, 3.63) is 0 Å². The Morgan fingerprint density at radius 3 is 2.86 bits per heavy atom. The van der Waals surface area contributed by atoms with Gasteiger partial charge < -0.3 is 10.1 Å². The molecule has 0 bridgehead atoms. The molecule has 0 unspecified atom stereocenters. The first-order chi connectivity index (χ1) is 6.66. The van der Waals surface area contributed by atoms with Crippen molar-refractivity contribution >= 4 is 12.3 Å². The van der Waals surface area contributed by atoms with Crippen LogP contribution < -0.4 is 5.32 Å². The minimum absolute atomic E-state index is 0.367. The van der Waals surface area contributed by atoms with Gasteiger partial charge in [0, 0.05) is 12.8 Å². The van der Waals surface area contributed by atoms with Crippen LogP contribution in [0.25, 0.3) is 0 Å². The summed E-state index contributed by atoms with van der Waals surface area (Å²) in [6.07, 6.45) is 2.20. The van der Waals surface area contributed by atoms with Crippen molar-refractivity contribution in [3.8, 4) is 0 Å². The monoisotopic (exact) mass is 200 g/mol. The molecule has 82 valence electrons. The predicted molar refractivity (Wildman–Crippen MR) is 57.8 cm³/mol. The average Bonchev–Trinajstić information content (AvgIpc) is 2.12. The second-order valence-corrected chi connectivity index (χ2v) is 3.38. The number of hydrogen-bond donors (Lipinski definition) is 1. The zero-order valence-electron chi connectivity index (χ0n) is 9.25. The van der Waals surface area contributed by atoms with Gasteiger partial charge in [-0.1, -0.05) is 13.8 Å². The fraction of sp³-hybridized carbons (Fsp3) is 0.800. The van der Waals surface area contributed by atoms with Crippen LogP contribution in [0.3, 0.4) is 0 Å². The van der Waals surface area contributed by atoms with Gasteiger partial charge in [-0.15, -0.1) is 0 Å². The maximum absolute atomic E-state index is 11.0. The van der Waals surface area contributed by atoms with Crippen LogP contribution in [0.5, 0.6) is 0 Å². The molecule has 0 atom stereocenters. The summed E-state index contributed by atoms with van der Waals surface area (Å²) in [6, 6.07) is 0. The Morgan fingerprint density at radius 1 is 1.57 bits per heavy atom. The highest BCUT2D eigenvalue weighted by Gasteiger charge is 2.00. The summed E-state index contributed by atoms with van der Waals surface area (Å²) < 4.78 is 4.92. The Hall–Kier alpha value is -1.06. The van der Waals surface area contributed by atoms with Crippen LogP contribution in [0, 0.1) is 5.92 Å². The molecule has 0 heterocycles. The summed E-state index contributed by atoms with van der Waals surface area (Å²) in [7, 11) is 0. The van der Waals surface area contributed by atoms with E-state index >= 15 is 0 Å². The second kappa shape index (κ2) is 8.53. The summed E-state index contributed by atoms with van der Waals surface area (Å²) in [5.74, 6) is 0.560. The molecule has 0 radical (unpaired) electrons. The number of rotatable bonds is 6. The van der Waals surface area contributed by atoms with Crippen LogP contribution in [0.15, 0.2) is 4.99 Å². The van der Waals surface area contributed by atoms with Gasteiger partial charge in [-0.25, -0.2) is 4.79 Å². The van der Waals surface area contributed by atoms with Crippen molar-refractivity contribution in [2.45, 2.75) is 27.2 Å². The second-order valence-electron chi connectivity index (χ2n) is 3.38. The molecule has 0 saturated carbocycles. The van der Waals surface area contributed by atoms with Crippen LogP contribution in [0.1, 0.15) is 27.2 Å². The molecule has 0 aromatic rings. The number of carbonyl (C=O) groups is 1. The molecule has 0 saturated heterocycles. The van der Waals surface area contributed by atoms with Gasteiger partial charge in [-0.3, -0.25) is 4.99 Å². The minimum Gasteiger partial charge on any atom is -0.450 e. The Bertz CT molecular complexity index is 179. The molecule has 0 rings (SSSR count). The van der Waals surface area contributed by atoms with E-state index in [9.17, 15) is 4.79 Å². The lowest BCUT2D eigenvalue weighted by atomic mass is 10.1. The molecule has 0 aromatic heterocycles. The number of amides is 1. The summed E-state index contributed by atoms with van der Waals surface area (Å²) >= 11 is 0. The summed E-state index contributed by atoms with van der Waals surface area (Å²) in [4.78, 5) is 14.9. The summed E-state index contributed by atoms with van der Waals surface area (Å²) in [5, 5.41) is 2.58. The van der Waals surface area contributed by atoms with E-state index in [0.29, 0.717) is 19.1 Å². The normalized spacial score (nSPS) is 10.9. The fourth-order valence-electron chi connectivity index (χ4n) is 0.761. The predicted octanol–water partition coefficient (Wildman–Crippen LogP) is 1.85. The van der Waals surface area contributed by atoms with Crippen molar-refractivity contribution in [1.29, 1.82) is 0 Å². The minimum atomic E-state index is -0.367. The highest BCUT2D eigenvalue weighted by Crippen LogP contribution is 1.98. The number of ether oxygens (including phenoxy) is 1. The van der Waals surface area contributed by atoms with Crippen LogP contribution in [0.4, 0.5) is 4.79 Å². The van der Waals surface area contributed by atoms with Crippen molar-refractivity contribution in [2.75, 3.05) is 19.7 Å². The van der Waals surface area contributed by atoms with Crippen LogP contribution in [-0.4, -0.2) is 32.0 Å². The van der Waals surface area contributed by atoms with Crippen molar-refractivity contribution in [2.24, 2.45) is 10.9 Å². The lowest BCUT2D eigenvalue weighted by Gasteiger charge is -2.06. The highest BCUT2D eigenvalue weighted by atomic mass is 16.5. The largest absolute Gasteiger partial charge is 0.450 e. The molecule has 14 heavy (non-hydrogen) atoms. The molecule has 1 amide bonds. The maximum Gasteiger partial charge on any atom is 0.407 e. The molecular formula is C10H20N2O2. The first-order valence-corrected chi connectivity index (χ1v) is 5.05. The standard InChI is InChI=1S/C10H20N2O2/c1-4-11-6-7-12-10(13)14-8-5-9(2)3/h6,9H,4-5,7-8H2,1-3H3,(H,12,13). The smallest absolute Gasteiger partial charge is 0.407 e. The first-order valence-electron chi connectivity index (χ1n) is 5.05. The molecule has 0 fully saturated rings. The average molecular weight is 200 g/mol. The van der Waals surface area contributed by atoms with Crippen LogP contribution >= 0.6 is 0 Å². The molecule has 0 aliphatic heterocycles. The van der Waals surface area contributed by atoms with Gasteiger partial charge in [0.1, 0.15) is 0 Å². The van der Waals surface area contributed by atoms with E-state index in [0.717, 1.165) is 13.0 Å². The summed E-state index contributed by atoms with van der Waals surface area (Å²) in [6.45, 7) is 7.79. The third kappa shape index (κ3) is 9.03. The van der Waals surface area contributed by atoms with E-state index in [1.54, 1.807) is 6.21 Å². The van der Waals surface area contributed by atoms with E-state index in [2.05, 4.69) is 24.2 Å². The van der Waals surface area contributed by atoms with Crippen molar-refractivity contribution in [1.82, 2.24) is 5.32 Å². The third-order valence-corrected chi connectivity index (χ3v) is 1.58. The van der Waals surface area contributed by atoms with Gasteiger partial charge in [-0.2, -0.15) is 0 Å². The number of nitrogens with one attached hydrogen (secondary N) is 1. The molecule has 0 spiro atoms. The Morgan fingerprint density at radius 2 is 2.29 bits per heavy atom. The van der Waals surface area contributed by atoms with Crippen molar-refractivity contribution in [3.63, 3.8) is 0 Å². The Balaban J connectivity index is 3.32. The quantitative estimate of drug-likeness (QED) is 0.665. The molecular weight excluding hydrogens is 180 g/mol. The van der Waals surface area contributed by atoms with Gasteiger partial charge in [0.2, 0.25) is 0 Å². The van der Waals surface area contributed by atoms with E-state index in [1.807, 2.05) is 6.92 Å². The Kier molecular flexibility index (Phi) is 7.89. The van der Waals surface area contributed by atoms with E-state index in [1.165, 1.54) is 0 Å². The number of nitrogens with zero attached hydrogens (tertiary/aromatic N) is 1. The first kappa shape index (κ1) is 12.9. The SMILES string of the molecule is CCN=CCNC(=O)OCCC(C)C. The number of carbonyl (C=O) groups excluding carboxylic acids is 1. The van der Waals surface area contributed by atoms with E-state index < -0.39 is 0 Å². The van der Waals surface area contributed by atoms with Gasteiger partial charge in [-0.05, 0) is 19.3 Å². The van der Waals surface area contributed by atoms with Gasteiger partial charge in [0.25, 0.3) is 0 Å². The van der Waals surface area contributed by atoms with E-state index in [-0.39, 0.29) is 6.09 Å². The fourth-order valence-corrected chi connectivity index (χ4v) is 0.761. The number of hydrogen-bond acceptors (Lipinski definition) is 3. The number of aliphatic imine (C=N–C) groups is 1. The zero-order chi connectivity index (χ0) is 10.8. The van der Waals surface area contributed by atoms with Crippen LogP contribution in [-0.2, 0) is 4.74 Å². The number of alkyl carbamates (subject to hydrolysis) is 1. The molecule has 0 aliphatic carbocycles. The lowest BCUT2D eigenvalue weighted by Crippen LogP contribution is -2.26. The van der Waals surface area contributed by atoms with Gasteiger partial charge >= 0.3 is 6.09 Å². The van der Waals surface area contributed by atoms with Gasteiger partial charge in [0.05, 0.1) is 13.2 Å². The molecule has 0 aromatic carbocycles. The third-order valence-electron chi connectivity index (χ3n) is 1.58. The van der Waals surface area contributed by atoms with Crippen molar-refractivity contribution < 1.29 is 9.53 Å². The maximum atomic E-state index is 11.0. The van der Waals surface area contributed by atoms with Gasteiger partial charge in [0.15, 0.2) is 0 Å². The molecule has 1 N–H and O–H groups in total. The zero-order valence-corrected chi connectivity index (χ0v) is 9.25. The topological polar surface area (TPSA) is 50.7 Å². The van der Waals surface area contributed by atoms with E-state index in [4.69, 9.17) is 4.74 Å².